The summed E-state index contributed by atoms with van der Waals surface area (Å²) in [6, 6.07) is 0. The summed E-state index contributed by atoms with van der Waals surface area (Å²) < 4.78 is 26.8. The van der Waals surface area contributed by atoms with E-state index in [4.69, 9.17) is 0 Å². The van der Waals surface area contributed by atoms with Crippen molar-refractivity contribution in [3.05, 3.63) is 0 Å². The molecule has 19 heavy (non-hydrogen) atoms. The molecule has 1 saturated carbocycles. The number of alkyl halides is 2. The second-order valence-electron chi connectivity index (χ2n) is 6.45. The average Bonchev–Trinajstić information content (AvgIpc) is 2.37. The van der Waals surface area contributed by atoms with E-state index in [-0.39, 0.29) is 18.8 Å². The largest absolute Gasteiger partial charge is 0.320 e. The van der Waals surface area contributed by atoms with Crippen molar-refractivity contribution in [3.8, 4) is 0 Å². The van der Waals surface area contributed by atoms with E-state index in [9.17, 15) is 8.78 Å². The number of hydrogen-bond donors (Lipinski definition) is 1. The molecule has 1 unspecified atom stereocenters. The molecule has 0 radical (unpaired) electrons. The van der Waals surface area contributed by atoms with Crippen molar-refractivity contribution in [1.82, 2.24) is 10.2 Å². The Kier molecular flexibility index (Phi) is 5.58. The number of nitrogens with one attached hydrogen (secondary N) is 1. The van der Waals surface area contributed by atoms with Crippen LogP contribution < -0.4 is 5.32 Å². The van der Waals surface area contributed by atoms with E-state index >= 15 is 0 Å². The van der Waals surface area contributed by atoms with Gasteiger partial charge in [-0.2, -0.15) is 0 Å². The van der Waals surface area contributed by atoms with E-state index in [0.29, 0.717) is 6.42 Å². The summed E-state index contributed by atoms with van der Waals surface area (Å²) >= 11 is 0. The maximum Gasteiger partial charge on any atom is 0.248 e. The van der Waals surface area contributed by atoms with Gasteiger partial charge in [0.15, 0.2) is 0 Å². The second kappa shape index (κ2) is 6.98. The zero-order valence-corrected chi connectivity index (χ0v) is 12.1. The smallest absolute Gasteiger partial charge is 0.248 e. The lowest BCUT2D eigenvalue weighted by atomic mass is 9.85. The van der Waals surface area contributed by atoms with Crippen LogP contribution in [0.1, 0.15) is 44.9 Å². The Morgan fingerprint density at radius 1 is 1.16 bits per heavy atom. The van der Waals surface area contributed by atoms with Gasteiger partial charge in [0.05, 0.1) is 0 Å². The SMILES string of the molecule is CNCCC1CCN(CC2CCCC(F)(F)C2)CC1. The van der Waals surface area contributed by atoms with E-state index in [1.807, 2.05) is 7.05 Å². The first kappa shape index (κ1) is 15.2. The van der Waals surface area contributed by atoms with Gasteiger partial charge in [-0.05, 0) is 70.6 Å². The molecule has 1 heterocycles. The third-order valence-electron chi connectivity index (χ3n) is 4.77. The van der Waals surface area contributed by atoms with Crippen LogP contribution in [0.2, 0.25) is 0 Å². The molecule has 0 bridgehead atoms. The van der Waals surface area contributed by atoms with E-state index in [2.05, 4.69) is 10.2 Å². The molecule has 2 fully saturated rings. The normalized spacial score (nSPS) is 29.5. The van der Waals surface area contributed by atoms with Crippen molar-refractivity contribution in [3.63, 3.8) is 0 Å². The number of halogens is 2. The van der Waals surface area contributed by atoms with Gasteiger partial charge < -0.3 is 10.2 Å². The Bertz CT molecular complexity index is 263. The van der Waals surface area contributed by atoms with E-state index in [0.717, 1.165) is 38.5 Å². The van der Waals surface area contributed by atoms with Gasteiger partial charge in [0.1, 0.15) is 0 Å². The molecule has 1 saturated heterocycles. The maximum absolute atomic E-state index is 13.4. The highest BCUT2D eigenvalue weighted by molar-refractivity contribution is 4.82. The first-order valence-corrected chi connectivity index (χ1v) is 7.84. The monoisotopic (exact) mass is 274 g/mol. The Morgan fingerprint density at radius 2 is 1.89 bits per heavy atom. The molecule has 112 valence electrons. The molecule has 0 aromatic heterocycles. The van der Waals surface area contributed by atoms with Crippen LogP contribution in [0.25, 0.3) is 0 Å². The number of likely N-dealkylation sites (tertiary alicyclic amines) is 1. The van der Waals surface area contributed by atoms with E-state index in [1.54, 1.807) is 0 Å². The fourth-order valence-corrected chi connectivity index (χ4v) is 3.60. The van der Waals surface area contributed by atoms with Crippen LogP contribution in [0.3, 0.4) is 0 Å². The third-order valence-corrected chi connectivity index (χ3v) is 4.77. The van der Waals surface area contributed by atoms with Gasteiger partial charge in [-0.3, -0.25) is 0 Å². The molecule has 1 aliphatic carbocycles. The zero-order chi connectivity index (χ0) is 13.7. The number of hydrogen-bond acceptors (Lipinski definition) is 2. The van der Waals surface area contributed by atoms with Crippen molar-refractivity contribution >= 4 is 0 Å². The van der Waals surface area contributed by atoms with Crippen LogP contribution in [0.5, 0.6) is 0 Å². The second-order valence-corrected chi connectivity index (χ2v) is 6.45. The predicted octanol–water partition coefficient (Wildman–Crippen LogP) is 3.13. The summed E-state index contributed by atoms with van der Waals surface area (Å²) in [5.41, 5.74) is 0. The first-order valence-electron chi connectivity index (χ1n) is 7.84. The molecule has 1 aliphatic heterocycles. The zero-order valence-electron chi connectivity index (χ0n) is 12.1. The lowest BCUT2D eigenvalue weighted by Crippen LogP contribution is -2.40. The number of rotatable bonds is 5. The van der Waals surface area contributed by atoms with Crippen LogP contribution in [0.4, 0.5) is 8.78 Å². The van der Waals surface area contributed by atoms with Crippen molar-refractivity contribution in [2.45, 2.75) is 50.9 Å². The molecule has 0 amide bonds. The van der Waals surface area contributed by atoms with Gasteiger partial charge in [-0.15, -0.1) is 0 Å². The van der Waals surface area contributed by atoms with Crippen molar-refractivity contribution < 1.29 is 8.78 Å². The molecule has 0 aromatic carbocycles. The fourth-order valence-electron chi connectivity index (χ4n) is 3.60. The quantitative estimate of drug-likeness (QED) is 0.828. The molecule has 2 rings (SSSR count). The minimum Gasteiger partial charge on any atom is -0.320 e. The fraction of sp³-hybridized carbons (Fsp3) is 1.00. The molecule has 0 spiro atoms. The van der Waals surface area contributed by atoms with Gasteiger partial charge >= 0.3 is 0 Å². The van der Waals surface area contributed by atoms with Gasteiger partial charge in [-0.25, -0.2) is 8.78 Å². The van der Waals surface area contributed by atoms with Crippen molar-refractivity contribution in [2.75, 3.05) is 33.2 Å². The minimum atomic E-state index is -2.39. The van der Waals surface area contributed by atoms with Crippen LogP contribution in [-0.2, 0) is 0 Å². The summed E-state index contributed by atoms with van der Waals surface area (Å²) in [4.78, 5) is 2.42. The average molecular weight is 274 g/mol. The lowest BCUT2D eigenvalue weighted by Gasteiger charge is -2.37. The lowest BCUT2D eigenvalue weighted by molar-refractivity contribution is -0.0580. The maximum atomic E-state index is 13.4. The van der Waals surface area contributed by atoms with Gasteiger partial charge in [0.2, 0.25) is 5.92 Å². The van der Waals surface area contributed by atoms with Gasteiger partial charge in [0, 0.05) is 19.4 Å². The summed E-state index contributed by atoms with van der Waals surface area (Å²) in [5.74, 6) is -1.34. The predicted molar refractivity (Wildman–Crippen MR) is 74.6 cm³/mol. The molecule has 1 N–H and O–H groups in total. The molecule has 2 aliphatic rings. The summed E-state index contributed by atoms with van der Waals surface area (Å²) in [5, 5.41) is 3.20. The molecule has 0 aromatic rings. The molecule has 2 nitrogen and oxygen atoms in total. The molecule has 1 atom stereocenters. The van der Waals surface area contributed by atoms with Gasteiger partial charge in [-0.1, -0.05) is 0 Å². The van der Waals surface area contributed by atoms with Crippen molar-refractivity contribution in [1.29, 1.82) is 0 Å². The topological polar surface area (TPSA) is 15.3 Å². The van der Waals surface area contributed by atoms with Gasteiger partial charge in [0.25, 0.3) is 0 Å². The Labute approximate surface area is 115 Å². The Balaban J connectivity index is 1.67. The van der Waals surface area contributed by atoms with Crippen LogP contribution in [-0.4, -0.2) is 44.0 Å². The van der Waals surface area contributed by atoms with Crippen LogP contribution >= 0.6 is 0 Å². The van der Waals surface area contributed by atoms with E-state index < -0.39 is 5.92 Å². The minimum absolute atomic E-state index is 0.107. The standard InChI is InChI=1S/C15H28F2N2/c1-18-8-4-13-5-9-19(10-6-13)12-14-3-2-7-15(16,17)11-14/h13-14,18H,2-12H2,1H3. The van der Waals surface area contributed by atoms with Crippen molar-refractivity contribution in [2.24, 2.45) is 11.8 Å². The highest BCUT2D eigenvalue weighted by atomic mass is 19.3. The number of nitrogens with zero attached hydrogens (tertiary/aromatic N) is 1. The Morgan fingerprint density at radius 3 is 2.53 bits per heavy atom. The van der Waals surface area contributed by atoms with Crippen LogP contribution in [0, 0.1) is 11.8 Å². The Hall–Kier alpha value is -0.220. The summed E-state index contributed by atoms with van der Waals surface area (Å²) in [6.07, 6.45) is 5.66. The summed E-state index contributed by atoms with van der Waals surface area (Å²) in [6.45, 7) is 4.21. The summed E-state index contributed by atoms with van der Waals surface area (Å²) in [7, 11) is 2.00. The number of piperidine rings is 1. The third kappa shape index (κ3) is 4.99. The van der Waals surface area contributed by atoms with Crippen LogP contribution in [0.15, 0.2) is 0 Å². The highest BCUT2D eigenvalue weighted by Gasteiger charge is 2.36. The molecular formula is C15H28F2N2. The first-order chi connectivity index (χ1) is 9.09. The molecular weight excluding hydrogens is 246 g/mol. The highest BCUT2D eigenvalue weighted by Crippen LogP contribution is 2.37. The molecule has 4 heteroatoms. The van der Waals surface area contributed by atoms with E-state index in [1.165, 1.54) is 19.3 Å².